The smallest absolute Gasteiger partial charge is 0.394 e. The third kappa shape index (κ3) is 15.6. The Balaban J connectivity index is 4.15. The van der Waals surface area contributed by atoms with E-state index in [1.54, 1.807) is 0 Å². The maximum absolute atomic E-state index is 13.8. The maximum atomic E-state index is 13.8. The second-order valence-corrected chi connectivity index (χ2v) is 10.6. The quantitative estimate of drug-likeness (QED) is 0.0648. The topological polar surface area (TPSA) is 103 Å². The molecule has 10 nitrogen and oxygen atoms in total. The molecule has 0 aliphatic heterocycles. The summed E-state index contributed by atoms with van der Waals surface area (Å²) < 4.78 is 272. The van der Waals surface area contributed by atoms with Crippen LogP contribution in [0.25, 0.3) is 0 Å². The van der Waals surface area contributed by atoms with Crippen LogP contribution in [0, 0.1) is 0 Å². The van der Waals surface area contributed by atoms with Crippen molar-refractivity contribution in [3.05, 3.63) is 0 Å². The van der Waals surface area contributed by atoms with Gasteiger partial charge in [0.05, 0.1) is 126 Å². The first-order chi connectivity index (χ1) is 25.3. The molecule has 55 heavy (non-hydrogen) atoms. The lowest BCUT2D eigenvalue weighted by Crippen LogP contribution is -2.74. The van der Waals surface area contributed by atoms with E-state index in [0.29, 0.717) is 46.2 Å². The molecule has 0 amide bonds. The number of aliphatic hydroxyl groups is 1. The zero-order chi connectivity index (χ0) is 42.5. The Labute approximate surface area is 302 Å². The maximum Gasteiger partial charge on any atom is 0.460 e. The molecule has 0 atom stereocenters. The van der Waals surface area contributed by atoms with E-state index in [1.165, 1.54) is 0 Å². The molecule has 0 radical (unpaired) electrons. The lowest BCUT2D eigenvalue weighted by molar-refractivity contribution is -0.462. The molecule has 332 valence electrons. The van der Waals surface area contributed by atoms with Crippen molar-refractivity contribution in [2.45, 2.75) is 54.1 Å². The van der Waals surface area contributed by atoms with Gasteiger partial charge in [0.15, 0.2) is 0 Å². The molecule has 0 aromatic carbocycles. The summed E-state index contributed by atoms with van der Waals surface area (Å²) >= 11 is 0. The predicted octanol–water partition coefficient (Wildman–Crippen LogP) is 5.53. The zero-order valence-electron chi connectivity index (χ0n) is 28.7. The van der Waals surface area contributed by atoms with Crippen LogP contribution in [0.5, 0.6) is 0 Å². The van der Waals surface area contributed by atoms with E-state index in [1.807, 2.05) is 0 Å². The van der Waals surface area contributed by atoms with Gasteiger partial charge in [0, 0.05) is 6.42 Å². The Bertz CT molecular complexity index is 1010. The molecule has 0 spiro atoms. The Morgan fingerprint density at radius 1 is 0.255 bits per heavy atom. The molecule has 0 heterocycles. The van der Waals surface area contributed by atoms with Crippen LogP contribution in [0.3, 0.4) is 0 Å². The van der Waals surface area contributed by atoms with Gasteiger partial charge in [-0.15, -0.1) is 0 Å². The van der Waals surface area contributed by atoms with Gasteiger partial charge in [-0.05, 0) is 0 Å². The molecule has 1 N–H and O–H groups in total. The average Bonchev–Trinajstić information content (AvgIpc) is 3.08. The number of halogens is 17. The van der Waals surface area contributed by atoms with Crippen LogP contribution < -0.4 is 0 Å². The number of hydrogen-bond acceptors (Lipinski definition) is 10. The average molecular weight is 861 g/mol. The molecule has 0 saturated heterocycles. The minimum absolute atomic E-state index is 0.0584. The summed E-state index contributed by atoms with van der Waals surface area (Å²) in [5.41, 5.74) is 0. The van der Waals surface area contributed by atoms with Gasteiger partial charge in [-0.1, -0.05) is 0 Å². The van der Waals surface area contributed by atoms with Gasteiger partial charge < -0.3 is 47.7 Å². The molecule has 0 aliphatic carbocycles. The van der Waals surface area contributed by atoms with Crippen molar-refractivity contribution in [3.8, 4) is 0 Å². The molecular formula is C28H41F17O10. The summed E-state index contributed by atoms with van der Waals surface area (Å²) in [7, 11) is 0. The van der Waals surface area contributed by atoms with E-state index < -0.39 is 73.9 Å². The Kier molecular flexibility index (Phi) is 23.7. The van der Waals surface area contributed by atoms with Crippen LogP contribution >= 0.6 is 0 Å². The van der Waals surface area contributed by atoms with Crippen molar-refractivity contribution >= 4 is 0 Å². The highest BCUT2D eigenvalue weighted by molar-refractivity contribution is 5.15. The lowest BCUT2D eigenvalue weighted by Gasteiger charge is -2.42. The third-order valence-electron chi connectivity index (χ3n) is 6.56. The molecule has 0 aromatic rings. The van der Waals surface area contributed by atoms with Crippen LogP contribution in [0.4, 0.5) is 74.6 Å². The lowest BCUT2D eigenvalue weighted by atomic mass is 9.88. The molecule has 0 aliphatic rings. The molecule has 0 aromatic heterocycles. The Hall–Kier alpha value is -1.59. The normalized spacial score (nSPS) is 14.3. The monoisotopic (exact) mass is 860 g/mol. The molecule has 0 unspecified atom stereocenters. The third-order valence-corrected chi connectivity index (χ3v) is 6.56. The summed E-state index contributed by atoms with van der Waals surface area (Å²) in [6, 6.07) is 0. The highest BCUT2D eigenvalue weighted by Gasteiger charge is 2.95. The van der Waals surface area contributed by atoms with Gasteiger partial charge in [-0.2, -0.15) is 74.6 Å². The second kappa shape index (κ2) is 24.4. The van der Waals surface area contributed by atoms with Crippen LogP contribution in [0.1, 0.15) is 6.42 Å². The van der Waals surface area contributed by atoms with Gasteiger partial charge >= 0.3 is 47.6 Å². The highest BCUT2D eigenvalue weighted by atomic mass is 19.4. The molecular weight excluding hydrogens is 819 g/mol. The standard InChI is InChI=1S/C28H41F17O10/c29-21(30,22(31,32)23(33,34)24(35,36)25(37,38)26(39,40)27(41,42)28(43,44)45)1-3-47-5-7-49-9-11-51-13-15-53-17-19-55-20-18-54-16-14-52-12-10-50-8-6-48-4-2-46/h46H,1-20H2. The molecule has 0 saturated carbocycles. The number of alkyl halides is 17. The van der Waals surface area contributed by atoms with E-state index in [0.717, 1.165) is 0 Å². The van der Waals surface area contributed by atoms with Crippen LogP contribution in [-0.2, 0) is 42.6 Å². The predicted molar refractivity (Wildman–Crippen MR) is 150 cm³/mol. The number of aliphatic hydroxyl groups excluding tert-OH is 1. The van der Waals surface area contributed by atoms with E-state index in [4.69, 9.17) is 43.0 Å². The van der Waals surface area contributed by atoms with Gasteiger partial charge in [0.1, 0.15) is 0 Å². The minimum Gasteiger partial charge on any atom is -0.394 e. The summed E-state index contributed by atoms with van der Waals surface area (Å²) in [5, 5.41) is 8.54. The van der Waals surface area contributed by atoms with Crippen LogP contribution in [0.2, 0.25) is 0 Å². The van der Waals surface area contributed by atoms with Gasteiger partial charge in [-0.25, -0.2) is 0 Å². The van der Waals surface area contributed by atoms with Crippen LogP contribution in [0.15, 0.2) is 0 Å². The number of hydrogen-bond donors (Lipinski definition) is 1. The van der Waals surface area contributed by atoms with Crippen molar-refractivity contribution in [2.75, 3.05) is 126 Å². The van der Waals surface area contributed by atoms with Gasteiger partial charge in [0.25, 0.3) is 0 Å². The first kappa shape index (κ1) is 53.4. The SMILES string of the molecule is OCCOCCOCCOCCOCCOCCOCCOCCOCCOCCC(F)(F)C(F)(F)C(F)(F)C(F)(F)C(F)(F)C(F)(F)C(F)(F)C(F)(F)F. The first-order valence-electron chi connectivity index (χ1n) is 15.8. The number of ether oxygens (including phenoxy) is 9. The van der Waals surface area contributed by atoms with Gasteiger partial charge in [0.2, 0.25) is 0 Å². The van der Waals surface area contributed by atoms with Crippen molar-refractivity contribution < 1.29 is 122 Å². The molecule has 27 heteroatoms. The largest absolute Gasteiger partial charge is 0.460 e. The molecule has 0 rings (SSSR count). The first-order valence-corrected chi connectivity index (χ1v) is 15.8. The van der Waals surface area contributed by atoms with Crippen LogP contribution in [-0.4, -0.2) is 178 Å². The van der Waals surface area contributed by atoms with E-state index in [9.17, 15) is 74.6 Å². The van der Waals surface area contributed by atoms with E-state index in [-0.39, 0.29) is 59.5 Å². The fourth-order valence-electron chi connectivity index (χ4n) is 3.48. The Morgan fingerprint density at radius 3 is 0.691 bits per heavy atom. The summed E-state index contributed by atoms with van der Waals surface area (Å²) in [5.74, 6) is -56.6. The highest BCUT2D eigenvalue weighted by Crippen LogP contribution is 2.64. The summed E-state index contributed by atoms with van der Waals surface area (Å²) in [6.45, 7) is 0.456. The van der Waals surface area contributed by atoms with Crippen molar-refractivity contribution in [2.24, 2.45) is 0 Å². The Morgan fingerprint density at radius 2 is 0.455 bits per heavy atom. The molecule has 0 fully saturated rings. The van der Waals surface area contributed by atoms with Crippen molar-refractivity contribution in [3.63, 3.8) is 0 Å². The van der Waals surface area contributed by atoms with Crippen molar-refractivity contribution in [1.82, 2.24) is 0 Å². The zero-order valence-corrected chi connectivity index (χ0v) is 28.7. The van der Waals surface area contributed by atoms with E-state index >= 15 is 0 Å². The fourth-order valence-corrected chi connectivity index (χ4v) is 3.48. The summed E-state index contributed by atoms with van der Waals surface area (Å²) in [4.78, 5) is 0. The van der Waals surface area contributed by atoms with Gasteiger partial charge in [-0.3, -0.25) is 0 Å². The molecule has 0 bridgehead atoms. The van der Waals surface area contributed by atoms with Crippen molar-refractivity contribution in [1.29, 1.82) is 0 Å². The summed E-state index contributed by atoms with van der Waals surface area (Å²) in [6.07, 6.45) is -10.5. The minimum atomic E-state index is -8.66. The number of rotatable bonds is 35. The second-order valence-electron chi connectivity index (χ2n) is 10.6. The van der Waals surface area contributed by atoms with E-state index in [2.05, 4.69) is 4.74 Å². The fraction of sp³-hybridized carbons (Fsp3) is 1.00.